The molecular formula is C30H34N2O10. The Morgan fingerprint density at radius 2 is 1.88 bits per heavy atom. The van der Waals surface area contributed by atoms with Crippen LogP contribution in [0.15, 0.2) is 63.3 Å². The third kappa shape index (κ3) is 6.73. The number of hydrogen-bond acceptors (Lipinski definition) is 10. The Bertz CT molecular complexity index is 1570. The summed E-state index contributed by atoms with van der Waals surface area (Å²) in [5, 5.41) is 24.0. The first kappa shape index (κ1) is 30.6. The van der Waals surface area contributed by atoms with Crippen LogP contribution in [0.5, 0.6) is 11.5 Å². The van der Waals surface area contributed by atoms with Gasteiger partial charge in [-0.25, -0.2) is 9.59 Å². The van der Waals surface area contributed by atoms with Gasteiger partial charge in [-0.15, -0.1) is 0 Å². The monoisotopic (exact) mass is 582 g/mol. The molecule has 3 aromatic rings. The molecule has 1 aliphatic heterocycles. The summed E-state index contributed by atoms with van der Waals surface area (Å²) in [7, 11) is 1.39. The fraction of sp³-hybridized carbons (Fsp3) is 0.367. The number of hydrogen-bond donors (Lipinski definition) is 4. The maximum absolute atomic E-state index is 12.9. The van der Waals surface area contributed by atoms with Gasteiger partial charge in [0.2, 0.25) is 6.29 Å². The highest BCUT2D eigenvalue weighted by molar-refractivity contribution is 6.05. The molecule has 42 heavy (non-hydrogen) atoms. The first-order chi connectivity index (χ1) is 19.8. The Labute approximate surface area is 241 Å². The van der Waals surface area contributed by atoms with Gasteiger partial charge in [0.1, 0.15) is 28.9 Å². The quantitative estimate of drug-likeness (QED) is 0.226. The summed E-state index contributed by atoms with van der Waals surface area (Å²) < 4.78 is 27.7. The predicted octanol–water partition coefficient (Wildman–Crippen LogP) is 3.61. The number of phenols is 1. The van der Waals surface area contributed by atoms with Crippen molar-refractivity contribution in [2.75, 3.05) is 12.4 Å². The van der Waals surface area contributed by atoms with Crippen LogP contribution in [0.25, 0.3) is 11.0 Å². The van der Waals surface area contributed by atoms with Crippen molar-refractivity contribution >= 4 is 28.7 Å². The minimum Gasteiger partial charge on any atom is -0.508 e. The lowest BCUT2D eigenvalue weighted by Crippen LogP contribution is -2.65. The first-order valence-corrected chi connectivity index (χ1v) is 13.1. The molecule has 224 valence electrons. The molecule has 0 spiro atoms. The molecule has 0 aliphatic carbocycles. The normalized spacial score (nSPS) is 21.4. The van der Waals surface area contributed by atoms with Gasteiger partial charge in [-0.05, 0) is 76.1 Å². The van der Waals surface area contributed by atoms with Gasteiger partial charge in [-0.1, -0.05) is 11.6 Å². The minimum absolute atomic E-state index is 0.0661. The number of aromatic hydroxyl groups is 1. The van der Waals surface area contributed by atoms with E-state index in [0.717, 1.165) is 5.57 Å². The number of rotatable bonds is 8. The molecule has 0 saturated carbocycles. The Balaban J connectivity index is 1.54. The first-order valence-electron chi connectivity index (χ1n) is 13.1. The molecule has 2 heterocycles. The standard InChI is InChI=1S/C30H34N2O10/c1-15(2)6-7-16-12-18(9-11-21(16)33)26(35)32-20-13-17-8-10-19(14-22(17)40-27(20)36)39-28-23(34)24(41-29(31)37)25(38-5)30(3,4)42-28/h6,8-14,23-25,28,33-34H,7H2,1-5H3,(H2,31,37)(H,32,35). The van der Waals surface area contributed by atoms with E-state index in [2.05, 4.69) is 5.32 Å². The highest BCUT2D eigenvalue weighted by Gasteiger charge is 2.53. The Kier molecular flexibility index (Phi) is 8.90. The van der Waals surface area contributed by atoms with E-state index in [1.807, 2.05) is 19.9 Å². The molecule has 2 aromatic carbocycles. The number of aliphatic hydroxyl groups excluding tert-OH is 1. The summed E-state index contributed by atoms with van der Waals surface area (Å²) in [5.74, 6) is -0.298. The third-order valence-electron chi connectivity index (χ3n) is 6.80. The Morgan fingerprint density at radius 1 is 1.14 bits per heavy atom. The average molecular weight is 583 g/mol. The van der Waals surface area contributed by atoms with Crippen molar-refractivity contribution in [3.05, 3.63) is 75.7 Å². The van der Waals surface area contributed by atoms with Crippen molar-refractivity contribution < 1.29 is 43.2 Å². The molecule has 1 aliphatic rings. The summed E-state index contributed by atoms with van der Waals surface area (Å²) in [6, 6.07) is 10.5. The van der Waals surface area contributed by atoms with Gasteiger partial charge in [0.25, 0.3) is 5.91 Å². The number of nitrogens with two attached hydrogens (primary N) is 1. The van der Waals surface area contributed by atoms with Crippen LogP contribution in [0.2, 0.25) is 0 Å². The summed E-state index contributed by atoms with van der Waals surface area (Å²) in [6.45, 7) is 7.23. The number of benzene rings is 2. The predicted molar refractivity (Wildman–Crippen MR) is 153 cm³/mol. The van der Waals surface area contributed by atoms with E-state index in [1.165, 1.54) is 31.4 Å². The number of fused-ring (bicyclic) bond motifs is 1. The Morgan fingerprint density at radius 3 is 2.55 bits per heavy atom. The van der Waals surface area contributed by atoms with E-state index in [-0.39, 0.29) is 28.3 Å². The minimum atomic E-state index is -1.46. The largest absolute Gasteiger partial charge is 0.508 e. The summed E-state index contributed by atoms with van der Waals surface area (Å²) in [6.07, 6.45) is -3.48. The second-order valence-electron chi connectivity index (χ2n) is 10.7. The van der Waals surface area contributed by atoms with Gasteiger partial charge >= 0.3 is 11.7 Å². The van der Waals surface area contributed by atoms with Crippen molar-refractivity contribution in [1.82, 2.24) is 0 Å². The van der Waals surface area contributed by atoms with Gasteiger partial charge in [0.15, 0.2) is 12.2 Å². The lowest BCUT2D eigenvalue weighted by Gasteiger charge is -2.47. The smallest absolute Gasteiger partial charge is 0.404 e. The van der Waals surface area contributed by atoms with Gasteiger partial charge < -0.3 is 44.6 Å². The third-order valence-corrected chi connectivity index (χ3v) is 6.80. The molecule has 4 atom stereocenters. The van der Waals surface area contributed by atoms with Crippen molar-refractivity contribution in [1.29, 1.82) is 0 Å². The fourth-order valence-corrected chi connectivity index (χ4v) is 4.73. The second kappa shape index (κ2) is 12.2. The number of methoxy groups -OCH3 is 1. The molecule has 5 N–H and O–H groups in total. The van der Waals surface area contributed by atoms with Crippen LogP contribution in [0, 0.1) is 0 Å². The molecule has 1 fully saturated rings. The van der Waals surface area contributed by atoms with Crippen LogP contribution in [0.3, 0.4) is 0 Å². The van der Waals surface area contributed by atoms with E-state index < -0.39 is 47.8 Å². The number of amides is 2. The molecular weight excluding hydrogens is 548 g/mol. The van der Waals surface area contributed by atoms with E-state index >= 15 is 0 Å². The van der Waals surface area contributed by atoms with E-state index in [1.54, 1.807) is 32.0 Å². The number of ether oxygens (including phenoxy) is 4. The van der Waals surface area contributed by atoms with Crippen LogP contribution in [0.1, 0.15) is 43.6 Å². The lowest BCUT2D eigenvalue weighted by atomic mass is 9.89. The number of allylic oxidation sites excluding steroid dienone is 2. The number of phenolic OH excluding ortho intramolecular Hbond substituents is 1. The maximum atomic E-state index is 12.9. The zero-order valence-corrected chi connectivity index (χ0v) is 23.9. The number of carbonyl (C=O) groups is 2. The lowest BCUT2D eigenvalue weighted by molar-refractivity contribution is -0.304. The molecule has 4 rings (SSSR count). The van der Waals surface area contributed by atoms with Gasteiger partial charge in [0.05, 0.1) is 5.60 Å². The highest BCUT2D eigenvalue weighted by atomic mass is 16.7. The van der Waals surface area contributed by atoms with Crippen molar-refractivity contribution in [2.45, 2.75) is 64.3 Å². The number of anilines is 1. The van der Waals surface area contributed by atoms with Crippen LogP contribution in [-0.2, 0) is 20.6 Å². The number of primary amides is 1. The van der Waals surface area contributed by atoms with E-state index in [0.29, 0.717) is 17.4 Å². The maximum Gasteiger partial charge on any atom is 0.404 e. The number of carbonyl (C=O) groups excluding carboxylic acids is 2. The van der Waals surface area contributed by atoms with Crippen molar-refractivity contribution in [3.63, 3.8) is 0 Å². The highest BCUT2D eigenvalue weighted by Crippen LogP contribution is 2.35. The molecule has 12 nitrogen and oxygen atoms in total. The number of aliphatic hydroxyl groups is 1. The molecule has 1 saturated heterocycles. The molecule has 4 unspecified atom stereocenters. The van der Waals surface area contributed by atoms with E-state index in [4.69, 9.17) is 29.1 Å². The summed E-state index contributed by atoms with van der Waals surface area (Å²) in [5.41, 5.74) is 5.31. The average Bonchev–Trinajstić information content (AvgIpc) is 2.91. The van der Waals surface area contributed by atoms with Crippen molar-refractivity contribution in [3.8, 4) is 11.5 Å². The second-order valence-corrected chi connectivity index (χ2v) is 10.7. The molecule has 1 aromatic heterocycles. The van der Waals surface area contributed by atoms with Gasteiger partial charge in [0, 0.05) is 24.1 Å². The topological polar surface area (TPSA) is 180 Å². The van der Waals surface area contributed by atoms with Crippen LogP contribution >= 0.6 is 0 Å². The Hall–Kier alpha value is -4.39. The number of nitrogens with one attached hydrogen (secondary N) is 1. The molecule has 0 bridgehead atoms. The molecule has 2 amide bonds. The zero-order valence-electron chi connectivity index (χ0n) is 23.9. The van der Waals surface area contributed by atoms with E-state index in [9.17, 15) is 24.6 Å². The van der Waals surface area contributed by atoms with Crippen molar-refractivity contribution in [2.24, 2.45) is 5.73 Å². The fourth-order valence-electron chi connectivity index (χ4n) is 4.73. The van der Waals surface area contributed by atoms with Crippen LogP contribution in [0.4, 0.5) is 10.5 Å². The van der Waals surface area contributed by atoms with Crippen LogP contribution in [-0.4, -0.2) is 59.5 Å². The summed E-state index contributed by atoms with van der Waals surface area (Å²) >= 11 is 0. The SMILES string of the molecule is COC1C(OC(N)=O)C(O)C(Oc2ccc3cc(NC(=O)c4ccc(O)c(CC=C(C)C)c4)c(=O)oc3c2)OC1(C)C. The summed E-state index contributed by atoms with van der Waals surface area (Å²) in [4.78, 5) is 37.1. The van der Waals surface area contributed by atoms with Crippen LogP contribution < -0.4 is 21.4 Å². The van der Waals surface area contributed by atoms with Gasteiger partial charge in [-0.2, -0.15) is 0 Å². The zero-order chi connectivity index (χ0) is 30.8. The van der Waals surface area contributed by atoms with Gasteiger partial charge in [-0.3, -0.25) is 4.79 Å². The molecule has 12 heteroatoms. The molecule has 0 radical (unpaired) electrons.